The van der Waals surface area contributed by atoms with Crippen LogP contribution in [0.4, 0.5) is 13.2 Å². The molecule has 0 unspecified atom stereocenters. The standard InChI is InChI=1S/C14H22F3.Y/c1-9(2)12-5-7-13(8-6-12,10(3)4)14(16,17)11(12)15;/h9-10H,5-8H2,1-4H3;/q-1;. The van der Waals surface area contributed by atoms with Crippen LogP contribution in [0.3, 0.4) is 0 Å². The number of alkyl halides is 2. The molecule has 0 spiro atoms. The molecule has 0 aromatic carbocycles. The smallest absolute Gasteiger partial charge is 0.167 e. The molecule has 18 heavy (non-hydrogen) atoms. The molecule has 3 fully saturated rings. The van der Waals surface area contributed by atoms with Gasteiger partial charge >= 0.3 is 0 Å². The van der Waals surface area contributed by atoms with Gasteiger partial charge in [-0.1, -0.05) is 52.6 Å². The van der Waals surface area contributed by atoms with Gasteiger partial charge in [0.25, 0.3) is 0 Å². The SMILES string of the molecule is CC(C)C12CCC(C(C)C)(CC1)C(F)(F)[C-]2F.[Y]. The Kier molecular flexibility index (Phi) is 4.73. The Morgan fingerprint density at radius 1 is 0.889 bits per heavy atom. The summed E-state index contributed by atoms with van der Waals surface area (Å²) in [6.07, 6.45) is 1.08. The summed E-state index contributed by atoms with van der Waals surface area (Å²) in [4.78, 5) is 0. The van der Waals surface area contributed by atoms with Gasteiger partial charge in [0.15, 0.2) is 5.92 Å². The molecule has 0 amide bonds. The molecular formula is C14H22F3Y-. The van der Waals surface area contributed by atoms with E-state index in [4.69, 9.17) is 0 Å². The minimum Gasteiger partial charge on any atom is -0.450 e. The van der Waals surface area contributed by atoms with Crippen LogP contribution >= 0.6 is 0 Å². The number of hydrogen-bond acceptors (Lipinski definition) is 0. The second kappa shape index (κ2) is 5.02. The molecular weight excluding hydrogens is 314 g/mol. The van der Waals surface area contributed by atoms with E-state index in [1.165, 1.54) is 0 Å². The Morgan fingerprint density at radius 3 is 1.67 bits per heavy atom. The zero-order chi connectivity index (χ0) is 13.1. The molecule has 0 aliphatic heterocycles. The van der Waals surface area contributed by atoms with E-state index in [1.54, 1.807) is 13.8 Å². The van der Waals surface area contributed by atoms with E-state index in [0.717, 1.165) is 0 Å². The minimum atomic E-state index is -3.23. The topological polar surface area (TPSA) is 0 Å². The van der Waals surface area contributed by atoms with E-state index in [2.05, 4.69) is 0 Å². The van der Waals surface area contributed by atoms with Crippen molar-refractivity contribution in [2.45, 2.75) is 59.3 Å². The molecule has 0 nitrogen and oxygen atoms in total. The Bertz CT molecular complexity index is 304. The summed E-state index contributed by atoms with van der Waals surface area (Å²) in [6.45, 7) is 7.33. The van der Waals surface area contributed by atoms with Crippen molar-refractivity contribution in [2.24, 2.45) is 22.7 Å². The number of halogens is 3. The Morgan fingerprint density at radius 2 is 1.33 bits per heavy atom. The second-order valence-electron chi connectivity index (χ2n) is 6.51. The van der Waals surface area contributed by atoms with E-state index in [1.807, 2.05) is 13.8 Å². The first kappa shape index (κ1) is 16.9. The summed E-state index contributed by atoms with van der Waals surface area (Å²) in [7, 11) is 0. The number of rotatable bonds is 2. The van der Waals surface area contributed by atoms with E-state index in [-0.39, 0.29) is 44.5 Å². The molecule has 3 rings (SSSR count). The van der Waals surface area contributed by atoms with Crippen molar-refractivity contribution in [3.8, 4) is 0 Å². The van der Waals surface area contributed by atoms with Crippen LogP contribution in [-0.2, 0) is 32.7 Å². The molecule has 0 aromatic rings. The van der Waals surface area contributed by atoms with Crippen molar-refractivity contribution < 1.29 is 45.9 Å². The third-order valence-corrected chi connectivity index (χ3v) is 5.58. The van der Waals surface area contributed by atoms with Crippen LogP contribution in [0.25, 0.3) is 0 Å². The van der Waals surface area contributed by atoms with Crippen LogP contribution in [0.2, 0.25) is 0 Å². The maximum absolute atomic E-state index is 14.4. The van der Waals surface area contributed by atoms with Crippen molar-refractivity contribution >= 4 is 0 Å². The van der Waals surface area contributed by atoms with Crippen LogP contribution in [0, 0.1) is 28.8 Å². The van der Waals surface area contributed by atoms with Gasteiger partial charge in [-0.05, 0) is 18.8 Å². The van der Waals surface area contributed by atoms with Crippen molar-refractivity contribution in [3.63, 3.8) is 0 Å². The van der Waals surface area contributed by atoms with Crippen molar-refractivity contribution in [1.82, 2.24) is 0 Å². The summed E-state index contributed by atoms with van der Waals surface area (Å²) < 4.78 is 43.1. The molecule has 3 aliphatic rings. The molecule has 0 saturated heterocycles. The van der Waals surface area contributed by atoms with Gasteiger partial charge in [0.05, 0.1) is 0 Å². The average Bonchev–Trinajstić information content (AvgIpc) is 2.25. The van der Waals surface area contributed by atoms with Gasteiger partial charge < -0.3 is 4.39 Å². The molecule has 4 heteroatoms. The number of hydrogen-bond donors (Lipinski definition) is 0. The zero-order valence-electron chi connectivity index (χ0n) is 11.7. The zero-order valence-corrected chi connectivity index (χ0v) is 14.5. The second-order valence-corrected chi connectivity index (χ2v) is 6.51. The van der Waals surface area contributed by atoms with Crippen LogP contribution in [0.1, 0.15) is 53.4 Å². The first-order valence-electron chi connectivity index (χ1n) is 6.62. The Balaban J connectivity index is 0.00000162. The van der Waals surface area contributed by atoms with Crippen LogP contribution in [-0.4, -0.2) is 5.92 Å². The predicted octanol–water partition coefficient (Wildman–Crippen LogP) is 4.99. The fourth-order valence-electron chi connectivity index (χ4n) is 3.98. The first-order chi connectivity index (χ1) is 7.71. The van der Waals surface area contributed by atoms with E-state index in [9.17, 15) is 13.2 Å². The molecule has 3 saturated carbocycles. The summed E-state index contributed by atoms with van der Waals surface area (Å²) >= 11 is 0. The van der Waals surface area contributed by atoms with E-state index in [0.29, 0.717) is 25.7 Å². The predicted molar refractivity (Wildman–Crippen MR) is 62.3 cm³/mol. The fourth-order valence-corrected chi connectivity index (χ4v) is 3.98. The number of fused-ring (bicyclic) bond motifs is 3. The molecule has 0 N–H and O–H groups in total. The van der Waals surface area contributed by atoms with E-state index < -0.39 is 22.9 Å². The van der Waals surface area contributed by atoms with Gasteiger partial charge in [0.1, 0.15) is 0 Å². The molecule has 2 bridgehead atoms. The monoisotopic (exact) mass is 336 g/mol. The molecule has 0 aromatic heterocycles. The van der Waals surface area contributed by atoms with Crippen molar-refractivity contribution in [3.05, 3.63) is 6.17 Å². The first-order valence-corrected chi connectivity index (χ1v) is 6.62. The summed E-state index contributed by atoms with van der Waals surface area (Å²) in [6, 6.07) is 0. The summed E-state index contributed by atoms with van der Waals surface area (Å²) in [5, 5.41) is 0. The molecule has 103 valence electrons. The van der Waals surface area contributed by atoms with Gasteiger partial charge in [-0.15, -0.1) is 5.41 Å². The van der Waals surface area contributed by atoms with Crippen LogP contribution < -0.4 is 0 Å². The fraction of sp³-hybridized carbons (Fsp3) is 0.929. The third kappa shape index (κ3) is 1.86. The Labute approximate surface area is 133 Å². The van der Waals surface area contributed by atoms with Gasteiger partial charge in [0, 0.05) is 38.1 Å². The largest absolute Gasteiger partial charge is 0.450 e. The summed E-state index contributed by atoms with van der Waals surface area (Å²) in [5.41, 5.74) is -1.99. The molecule has 3 aliphatic carbocycles. The van der Waals surface area contributed by atoms with Gasteiger partial charge in [-0.25, -0.2) is 8.78 Å². The average molecular weight is 336 g/mol. The quantitative estimate of drug-likeness (QED) is 0.623. The van der Waals surface area contributed by atoms with Gasteiger partial charge in [0.2, 0.25) is 0 Å². The molecule has 0 heterocycles. The van der Waals surface area contributed by atoms with Gasteiger partial charge in [-0.3, -0.25) is 0 Å². The summed E-state index contributed by atoms with van der Waals surface area (Å²) in [5.74, 6) is -3.45. The molecule has 1 radical (unpaired) electrons. The van der Waals surface area contributed by atoms with Crippen LogP contribution in [0.15, 0.2) is 0 Å². The van der Waals surface area contributed by atoms with Crippen LogP contribution in [0.5, 0.6) is 0 Å². The normalized spacial score (nSPS) is 39.2. The van der Waals surface area contributed by atoms with Crippen molar-refractivity contribution in [2.75, 3.05) is 0 Å². The maximum atomic E-state index is 14.4. The molecule has 0 atom stereocenters. The van der Waals surface area contributed by atoms with Gasteiger partial charge in [-0.2, -0.15) is 0 Å². The Hall–Kier alpha value is 0.894. The van der Waals surface area contributed by atoms with E-state index >= 15 is 0 Å². The van der Waals surface area contributed by atoms with Crippen molar-refractivity contribution in [1.29, 1.82) is 0 Å². The maximum Gasteiger partial charge on any atom is 0.167 e. The minimum absolute atomic E-state index is 0. The third-order valence-electron chi connectivity index (χ3n) is 5.58.